The molecule has 194 valence electrons. The quantitative estimate of drug-likeness (QED) is 0.207. The number of H-pyrrole nitrogens is 1. The number of hydrogen-bond donors (Lipinski definition) is 4. The Morgan fingerprint density at radius 1 is 1.22 bits per heavy atom. The molecule has 3 heterocycles. The number of halogens is 1. The van der Waals surface area contributed by atoms with Crippen molar-refractivity contribution in [3.63, 3.8) is 0 Å². The number of nitrogens with one attached hydrogen (secondary N) is 3. The predicted octanol–water partition coefficient (Wildman–Crippen LogP) is 4.37. The molecule has 0 aliphatic carbocycles. The minimum atomic E-state index is -0.244. The lowest BCUT2D eigenvalue weighted by molar-refractivity contribution is 0.0398. The Morgan fingerprint density at radius 2 is 2.08 bits per heavy atom. The van der Waals surface area contributed by atoms with Crippen molar-refractivity contribution in [1.82, 2.24) is 19.8 Å². The Kier molecular flexibility index (Phi) is 7.82. The van der Waals surface area contributed by atoms with Crippen LogP contribution in [0, 0.1) is 11.2 Å². The third-order valence-corrected chi connectivity index (χ3v) is 7.00. The van der Waals surface area contributed by atoms with E-state index in [4.69, 9.17) is 15.9 Å². The molecule has 0 amide bonds. The summed E-state index contributed by atoms with van der Waals surface area (Å²) in [4.78, 5) is 12.2. The fourth-order valence-corrected chi connectivity index (χ4v) is 5.00. The van der Waals surface area contributed by atoms with Crippen LogP contribution < -0.4 is 11.1 Å². The number of rotatable bonds is 8. The van der Waals surface area contributed by atoms with Gasteiger partial charge in [-0.2, -0.15) is 0 Å². The van der Waals surface area contributed by atoms with Crippen LogP contribution in [0.4, 0.5) is 15.8 Å². The van der Waals surface area contributed by atoms with Crippen molar-refractivity contribution in [2.45, 2.75) is 18.9 Å². The first kappa shape index (κ1) is 25.0. The number of ether oxygens (including phenoxy) is 1. The average molecular weight is 504 g/mol. The van der Waals surface area contributed by atoms with Crippen molar-refractivity contribution in [2.24, 2.45) is 0 Å². The van der Waals surface area contributed by atoms with Crippen LogP contribution in [0.1, 0.15) is 30.3 Å². The van der Waals surface area contributed by atoms with Crippen LogP contribution in [0.2, 0.25) is 0 Å². The van der Waals surface area contributed by atoms with E-state index in [0.29, 0.717) is 17.3 Å². The molecule has 2 aromatic carbocycles. The van der Waals surface area contributed by atoms with E-state index in [-0.39, 0.29) is 11.9 Å². The molecule has 0 radical (unpaired) electrons. The van der Waals surface area contributed by atoms with Crippen molar-refractivity contribution < 1.29 is 9.13 Å². The van der Waals surface area contributed by atoms with Gasteiger partial charge in [0.05, 0.1) is 42.5 Å². The summed E-state index contributed by atoms with van der Waals surface area (Å²) in [5.74, 6) is 0.806. The van der Waals surface area contributed by atoms with Crippen molar-refractivity contribution in [3.05, 3.63) is 71.9 Å². The number of anilines is 2. The van der Waals surface area contributed by atoms with E-state index in [2.05, 4.69) is 20.2 Å². The molecule has 3 aromatic rings. The number of aromatic nitrogens is 2. The van der Waals surface area contributed by atoms with Crippen LogP contribution in [0.3, 0.4) is 0 Å². The molecule has 2 aliphatic rings. The van der Waals surface area contributed by atoms with Gasteiger partial charge in [-0.05, 0) is 54.8 Å². The van der Waals surface area contributed by atoms with Gasteiger partial charge in [0.1, 0.15) is 17.5 Å². The number of aromatic amines is 1. The number of nitrogens with zero attached hydrogens (tertiary/aromatic N) is 3. The van der Waals surface area contributed by atoms with Crippen molar-refractivity contribution in [1.29, 1.82) is 5.41 Å². The Balaban J connectivity index is 1.18. The minimum Gasteiger partial charge on any atom is -0.397 e. The highest BCUT2D eigenvalue weighted by molar-refractivity contribution is 5.94. The standard InChI is InChI=1S/C28H34FN7O/c29-22-4-1-3-21(17-22)26-5-2-11-36(26)27(31)8-9-28-33-19-25(34-28)20-6-7-24(23(30)18-20)32-10-12-35-13-15-37-16-14-35/h1,3-4,6-9,17-19,26,31-32H,2,5,10-16,30H2,(H,33,34)/b9-8-,31-27?. The molecule has 1 atom stereocenters. The second kappa shape index (κ2) is 11.6. The van der Waals surface area contributed by atoms with Gasteiger partial charge in [0.25, 0.3) is 0 Å². The van der Waals surface area contributed by atoms with Gasteiger partial charge in [-0.1, -0.05) is 18.2 Å². The van der Waals surface area contributed by atoms with Crippen LogP contribution in [-0.2, 0) is 4.74 Å². The normalized spacial score (nSPS) is 18.5. The van der Waals surface area contributed by atoms with Gasteiger partial charge in [-0.3, -0.25) is 10.3 Å². The van der Waals surface area contributed by atoms with Crippen LogP contribution in [-0.4, -0.2) is 71.5 Å². The van der Waals surface area contributed by atoms with Crippen molar-refractivity contribution in [2.75, 3.05) is 57.0 Å². The minimum absolute atomic E-state index is 0.0176. The van der Waals surface area contributed by atoms with Crippen LogP contribution in [0.5, 0.6) is 0 Å². The van der Waals surface area contributed by atoms with Crippen molar-refractivity contribution in [3.8, 4) is 11.3 Å². The van der Waals surface area contributed by atoms with Gasteiger partial charge in [0.15, 0.2) is 0 Å². The predicted molar refractivity (Wildman–Crippen MR) is 146 cm³/mol. The molecule has 1 aromatic heterocycles. The molecule has 2 aliphatic heterocycles. The zero-order valence-corrected chi connectivity index (χ0v) is 20.9. The number of hydrogen-bond acceptors (Lipinski definition) is 6. The third kappa shape index (κ3) is 6.18. The van der Waals surface area contributed by atoms with E-state index in [0.717, 1.165) is 81.3 Å². The fraction of sp³-hybridized carbons (Fsp3) is 0.357. The molecule has 0 saturated carbocycles. The summed E-state index contributed by atoms with van der Waals surface area (Å²) in [7, 11) is 0. The molecule has 5 rings (SSSR count). The molecule has 5 N–H and O–H groups in total. The number of likely N-dealkylation sites (tertiary alicyclic amines) is 1. The Labute approximate surface area is 216 Å². The number of imidazole rings is 1. The van der Waals surface area contributed by atoms with Gasteiger partial charge in [-0.25, -0.2) is 9.37 Å². The summed E-state index contributed by atoms with van der Waals surface area (Å²) in [5, 5.41) is 12.0. The number of benzene rings is 2. The maximum Gasteiger partial charge on any atom is 0.130 e. The SMILES string of the molecule is N=C(/C=C\c1ncc(-c2ccc(NCCN3CCOCC3)c(N)c2)[nH]1)N1CCCC1c1cccc(F)c1. The highest BCUT2D eigenvalue weighted by Crippen LogP contribution is 2.32. The van der Waals surface area contributed by atoms with Gasteiger partial charge < -0.3 is 25.7 Å². The van der Waals surface area contributed by atoms with Crippen LogP contribution in [0.15, 0.2) is 54.7 Å². The first-order valence-electron chi connectivity index (χ1n) is 12.8. The van der Waals surface area contributed by atoms with Gasteiger partial charge in [0.2, 0.25) is 0 Å². The molecule has 2 fully saturated rings. The van der Waals surface area contributed by atoms with E-state index in [1.807, 2.05) is 29.2 Å². The first-order chi connectivity index (χ1) is 18.1. The molecule has 0 spiro atoms. The third-order valence-electron chi connectivity index (χ3n) is 7.00. The Hall–Kier alpha value is -3.69. The summed E-state index contributed by atoms with van der Waals surface area (Å²) in [6.07, 6.45) is 7.20. The van der Waals surface area contributed by atoms with Crippen LogP contribution >= 0.6 is 0 Å². The highest BCUT2D eigenvalue weighted by Gasteiger charge is 2.27. The topological polar surface area (TPSA) is 106 Å². The monoisotopic (exact) mass is 503 g/mol. The average Bonchev–Trinajstić information content (AvgIpc) is 3.59. The lowest BCUT2D eigenvalue weighted by Gasteiger charge is -2.26. The molecular formula is C28H34FN7O. The maximum absolute atomic E-state index is 13.7. The van der Waals surface area contributed by atoms with Gasteiger partial charge in [-0.15, -0.1) is 0 Å². The Morgan fingerprint density at radius 3 is 2.89 bits per heavy atom. The largest absolute Gasteiger partial charge is 0.397 e. The number of morpholine rings is 1. The van der Waals surface area contributed by atoms with Crippen LogP contribution in [0.25, 0.3) is 17.3 Å². The fourth-order valence-electron chi connectivity index (χ4n) is 5.00. The molecule has 0 bridgehead atoms. The molecule has 1 unspecified atom stereocenters. The van der Waals surface area contributed by atoms with Crippen molar-refractivity contribution >= 4 is 23.3 Å². The molecule has 8 nitrogen and oxygen atoms in total. The number of nitrogens with two attached hydrogens (primary N) is 1. The van der Waals surface area contributed by atoms with E-state index in [9.17, 15) is 4.39 Å². The molecule has 37 heavy (non-hydrogen) atoms. The van der Waals surface area contributed by atoms with E-state index in [1.54, 1.807) is 30.5 Å². The Bertz CT molecular complexity index is 1250. The summed E-state index contributed by atoms with van der Waals surface area (Å²) in [6, 6.07) is 12.6. The summed E-state index contributed by atoms with van der Waals surface area (Å²) < 4.78 is 19.1. The lowest BCUT2D eigenvalue weighted by Crippen LogP contribution is -2.39. The van der Waals surface area contributed by atoms with Gasteiger partial charge >= 0.3 is 0 Å². The van der Waals surface area contributed by atoms with Gasteiger partial charge in [0, 0.05) is 38.3 Å². The second-order valence-electron chi connectivity index (χ2n) is 9.49. The summed E-state index contributed by atoms with van der Waals surface area (Å²) in [6.45, 7) is 6.09. The zero-order valence-electron chi connectivity index (χ0n) is 20.9. The molecular weight excluding hydrogens is 469 g/mol. The van der Waals surface area contributed by atoms with E-state index < -0.39 is 0 Å². The van der Waals surface area contributed by atoms with E-state index in [1.165, 1.54) is 6.07 Å². The zero-order chi connectivity index (χ0) is 25.6. The number of amidine groups is 1. The number of nitrogen functional groups attached to an aromatic ring is 1. The smallest absolute Gasteiger partial charge is 0.130 e. The molecule has 2 saturated heterocycles. The second-order valence-corrected chi connectivity index (χ2v) is 9.49. The summed E-state index contributed by atoms with van der Waals surface area (Å²) in [5.41, 5.74) is 10.6. The highest BCUT2D eigenvalue weighted by atomic mass is 19.1. The summed E-state index contributed by atoms with van der Waals surface area (Å²) >= 11 is 0. The van der Waals surface area contributed by atoms with E-state index >= 15 is 0 Å². The molecule has 9 heteroatoms. The first-order valence-corrected chi connectivity index (χ1v) is 12.8. The lowest BCUT2D eigenvalue weighted by atomic mass is 10.0. The maximum atomic E-state index is 13.7.